The number of hydrogen-bond acceptors (Lipinski definition) is 3. The van der Waals surface area contributed by atoms with Crippen LogP contribution in [0.2, 0.25) is 0 Å². The molecule has 1 aliphatic rings. The molecule has 4 rings (SSSR count). The molecule has 10 heteroatoms. The molecule has 3 aromatic rings. The highest BCUT2D eigenvalue weighted by Gasteiger charge is 2.47. The van der Waals surface area contributed by atoms with Crippen molar-refractivity contribution in [1.29, 1.82) is 0 Å². The first-order valence-corrected chi connectivity index (χ1v) is 8.85. The molecule has 0 spiro atoms. The van der Waals surface area contributed by atoms with Gasteiger partial charge in [-0.1, -0.05) is 6.07 Å². The summed E-state index contributed by atoms with van der Waals surface area (Å²) >= 11 is 0. The Morgan fingerprint density at radius 2 is 2.03 bits per heavy atom. The number of nitrogens with zero attached hydrogens (tertiary/aromatic N) is 4. The van der Waals surface area contributed by atoms with Gasteiger partial charge in [0.05, 0.1) is 23.6 Å². The molecule has 1 amide bonds. The molecular formula is C19H17F4N5O. The van der Waals surface area contributed by atoms with Crippen molar-refractivity contribution in [1.82, 2.24) is 24.6 Å². The third-order valence-corrected chi connectivity index (χ3v) is 4.93. The van der Waals surface area contributed by atoms with Crippen LogP contribution in [-0.2, 0) is 25.3 Å². The van der Waals surface area contributed by atoms with Crippen LogP contribution in [0.4, 0.5) is 17.6 Å². The molecule has 1 aromatic carbocycles. The number of benzene rings is 1. The zero-order valence-corrected chi connectivity index (χ0v) is 15.4. The predicted octanol–water partition coefficient (Wildman–Crippen LogP) is 3.24. The van der Waals surface area contributed by atoms with E-state index in [2.05, 4.69) is 15.4 Å². The molecule has 0 atom stereocenters. The lowest BCUT2D eigenvalue weighted by Gasteiger charge is -2.14. The molecule has 0 saturated heterocycles. The number of rotatable bonds is 5. The number of halogens is 4. The Kier molecular flexibility index (Phi) is 4.44. The number of carbonyl (C=O) groups excluding carboxylic acids is 1. The maximum absolute atomic E-state index is 13.4. The molecule has 2 heterocycles. The quantitative estimate of drug-likeness (QED) is 0.661. The summed E-state index contributed by atoms with van der Waals surface area (Å²) in [6, 6.07) is 2.82. The van der Waals surface area contributed by atoms with Crippen LogP contribution in [0.5, 0.6) is 0 Å². The Hall–Kier alpha value is -3.17. The van der Waals surface area contributed by atoms with E-state index in [1.54, 1.807) is 17.9 Å². The molecule has 152 valence electrons. The molecule has 29 heavy (non-hydrogen) atoms. The Morgan fingerprint density at radius 1 is 1.28 bits per heavy atom. The molecule has 6 nitrogen and oxygen atoms in total. The first kappa shape index (κ1) is 19.2. The van der Waals surface area contributed by atoms with Crippen LogP contribution in [0.25, 0.3) is 0 Å². The third-order valence-electron chi connectivity index (χ3n) is 4.93. The highest BCUT2D eigenvalue weighted by molar-refractivity contribution is 5.93. The molecule has 0 radical (unpaired) electrons. The molecule has 1 aliphatic carbocycles. The van der Waals surface area contributed by atoms with E-state index in [1.165, 1.54) is 23.2 Å². The van der Waals surface area contributed by atoms with Crippen molar-refractivity contribution in [3.63, 3.8) is 0 Å². The molecule has 0 unspecified atom stereocenters. The van der Waals surface area contributed by atoms with E-state index in [0.717, 1.165) is 30.5 Å². The summed E-state index contributed by atoms with van der Waals surface area (Å²) < 4.78 is 55.2. The normalized spacial score (nSPS) is 15.3. The number of nitrogens with one attached hydrogen (secondary N) is 1. The van der Waals surface area contributed by atoms with Crippen LogP contribution >= 0.6 is 0 Å². The largest absolute Gasteiger partial charge is 0.419 e. The van der Waals surface area contributed by atoms with Gasteiger partial charge in [-0.3, -0.25) is 9.48 Å². The number of hydrogen-bond donors (Lipinski definition) is 1. The van der Waals surface area contributed by atoms with Crippen LogP contribution in [0, 0.1) is 5.82 Å². The van der Waals surface area contributed by atoms with Gasteiger partial charge in [0.25, 0.3) is 5.91 Å². The van der Waals surface area contributed by atoms with Crippen molar-refractivity contribution in [3.8, 4) is 0 Å². The predicted molar refractivity (Wildman–Crippen MR) is 94.3 cm³/mol. The standard InChI is InChI=1S/C19H17F4N5O/c1-27-9-13(7-25-27)18(4-5-18)26-17(29)16-10-28(11-24-16)8-12-2-3-15(20)14(6-12)19(21,22)23/h2-3,6-7,9-11H,4-5,8H2,1H3,(H,26,29). The number of carbonyl (C=O) groups is 1. The number of aryl methyl sites for hydroxylation is 1. The van der Waals surface area contributed by atoms with E-state index in [1.807, 2.05) is 6.20 Å². The summed E-state index contributed by atoms with van der Waals surface area (Å²) in [5.74, 6) is -1.70. The van der Waals surface area contributed by atoms with Crippen LogP contribution < -0.4 is 5.32 Å². The van der Waals surface area contributed by atoms with Gasteiger partial charge in [0.2, 0.25) is 0 Å². The smallest absolute Gasteiger partial charge is 0.341 e. The average molecular weight is 407 g/mol. The number of amides is 1. The highest BCUT2D eigenvalue weighted by atomic mass is 19.4. The van der Waals surface area contributed by atoms with E-state index < -0.39 is 23.1 Å². The lowest BCUT2D eigenvalue weighted by atomic mass is 10.1. The van der Waals surface area contributed by atoms with Crippen molar-refractivity contribution in [2.75, 3.05) is 0 Å². The number of imidazole rings is 1. The third kappa shape index (κ3) is 3.87. The van der Waals surface area contributed by atoms with Gasteiger partial charge in [-0.15, -0.1) is 0 Å². The zero-order valence-electron chi connectivity index (χ0n) is 15.4. The van der Waals surface area contributed by atoms with Crippen molar-refractivity contribution < 1.29 is 22.4 Å². The summed E-state index contributed by atoms with van der Waals surface area (Å²) in [7, 11) is 1.79. The van der Waals surface area contributed by atoms with Gasteiger partial charge in [0, 0.05) is 31.5 Å². The molecule has 0 aliphatic heterocycles. The number of aromatic nitrogens is 4. The minimum absolute atomic E-state index is 0.0252. The lowest BCUT2D eigenvalue weighted by Crippen LogP contribution is -2.34. The summed E-state index contributed by atoms with van der Waals surface area (Å²) in [6.45, 7) is 0.0252. The fourth-order valence-electron chi connectivity index (χ4n) is 3.22. The maximum atomic E-state index is 13.4. The first-order chi connectivity index (χ1) is 13.7. The van der Waals surface area contributed by atoms with E-state index in [0.29, 0.717) is 0 Å². The lowest BCUT2D eigenvalue weighted by molar-refractivity contribution is -0.140. The van der Waals surface area contributed by atoms with Gasteiger partial charge in [0.1, 0.15) is 11.5 Å². The Morgan fingerprint density at radius 3 is 2.66 bits per heavy atom. The highest BCUT2D eigenvalue weighted by Crippen LogP contribution is 2.45. The van der Waals surface area contributed by atoms with Crippen molar-refractivity contribution in [2.45, 2.75) is 31.1 Å². The minimum Gasteiger partial charge on any atom is -0.341 e. The summed E-state index contributed by atoms with van der Waals surface area (Å²) in [5, 5.41) is 7.08. The molecule has 1 saturated carbocycles. The molecule has 2 aromatic heterocycles. The monoisotopic (exact) mass is 407 g/mol. The Balaban J connectivity index is 1.47. The fraction of sp³-hybridized carbons (Fsp3) is 0.316. The second-order valence-electron chi connectivity index (χ2n) is 7.18. The van der Waals surface area contributed by atoms with Crippen molar-refractivity contribution >= 4 is 5.91 Å². The van der Waals surface area contributed by atoms with Crippen molar-refractivity contribution in [2.24, 2.45) is 7.05 Å². The minimum atomic E-state index is -4.77. The zero-order chi connectivity index (χ0) is 20.8. The maximum Gasteiger partial charge on any atom is 0.419 e. The van der Waals surface area contributed by atoms with Crippen LogP contribution in [0.15, 0.2) is 43.1 Å². The molecule has 1 fully saturated rings. The van der Waals surface area contributed by atoms with E-state index >= 15 is 0 Å². The Labute approximate surface area is 163 Å². The molecule has 0 bridgehead atoms. The summed E-state index contributed by atoms with van der Waals surface area (Å²) in [6.07, 6.45) is 3.17. The fourth-order valence-corrected chi connectivity index (χ4v) is 3.22. The first-order valence-electron chi connectivity index (χ1n) is 8.85. The topological polar surface area (TPSA) is 64.7 Å². The second kappa shape index (κ2) is 6.71. The van der Waals surface area contributed by atoms with Crippen LogP contribution in [0.3, 0.4) is 0 Å². The van der Waals surface area contributed by atoms with E-state index in [9.17, 15) is 22.4 Å². The number of alkyl halides is 3. The van der Waals surface area contributed by atoms with Crippen LogP contribution in [-0.4, -0.2) is 25.2 Å². The van der Waals surface area contributed by atoms with Crippen LogP contribution in [0.1, 0.15) is 40.0 Å². The van der Waals surface area contributed by atoms with Gasteiger partial charge in [-0.2, -0.15) is 18.3 Å². The van der Waals surface area contributed by atoms with Crippen molar-refractivity contribution in [3.05, 3.63) is 71.3 Å². The van der Waals surface area contributed by atoms with Gasteiger partial charge in [-0.05, 0) is 30.5 Å². The second-order valence-corrected chi connectivity index (χ2v) is 7.18. The molecule has 1 N–H and O–H groups in total. The van der Waals surface area contributed by atoms with Gasteiger partial charge in [-0.25, -0.2) is 9.37 Å². The van der Waals surface area contributed by atoms with Gasteiger partial charge in [0.15, 0.2) is 0 Å². The van der Waals surface area contributed by atoms with Gasteiger partial charge >= 0.3 is 6.18 Å². The average Bonchev–Trinajstić information content (AvgIpc) is 3.05. The Bertz CT molecular complexity index is 1060. The summed E-state index contributed by atoms with van der Waals surface area (Å²) in [4.78, 5) is 16.6. The van der Waals surface area contributed by atoms with E-state index in [4.69, 9.17) is 0 Å². The van der Waals surface area contributed by atoms with Gasteiger partial charge < -0.3 is 9.88 Å². The SMILES string of the molecule is Cn1cc(C2(NC(=O)c3cn(Cc4ccc(F)c(C(F)(F)F)c4)cn3)CC2)cn1. The van der Waals surface area contributed by atoms with E-state index in [-0.39, 0.29) is 23.7 Å². The summed E-state index contributed by atoms with van der Waals surface area (Å²) in [5.41, 5.74) is -0.456. The molecular weight excluding hydrogens is 390 g/mol.